The molecule has 0 fully saturated rings. The summed E-state index contributed by atoms with van der Waals surface area (Å²) in [5.41, 5.74) is 0. The minimum Gasteiger partial charge on any atom is -0.464 e. The standard InChI is InChI=1S/C14H26N2O4S/c1-11(2)5-7-19-8-6-16-21(17,18)14-9-13(10-15-4)20-12(14)3/h9,11,15-16H,5-8,10H2,1-4H3. The van der Waals surface area contributed by atoms with Crippen molar-refractivity contribution in [3.63, 3.8) is 0 Å². The fourth-order valence-corrected chi connectivity index (χ4v) is 3.01. The van der Waals surface area contributed by atoms with Gasteiger partial charge in [0.1, 0.15) is 16.4 Å². The Kier molecular flexibility index (Phi) is 7.37. The van der Waals surface area contributed by atoms with Crippen molar-refractivity contribution < 1.29 is 17.6 Å². The van der Waals surface area contributed by atoms with E-state index in [0.29, 0.717) is 37.2 Å². The van der Waals surface area contributed by atoms with E-state index in [-0.39, 0.29) is 11.4 Å². The molecule has 0 aliphatic heterocycles. The molecule has 122 valence electrons. The topological polar surface area (TPSA) is 80.6 Å². The summed E-state index contributed by atoms with van der Waals surface area (Å²) in [6, 6.07) is 1.55. The van der Waals surface area contributed by atoms with Gasteiger partial charge < -0.3 is 14.5 Å². The molecule has 0 radical (unpaired) electrons. The zero-order chi connectivity index (χ0) is 15.9. The zero-order valence-electron chi connectivity index (χ0n) is 13.2. The van der Waals surface area contributed by atoms with Gasteiger partial charge in [-0.05, 0) is 26.3 Å². The van der Waals surface area contributed by atoms with Crippen molar-refractivity contribution in [1.82, 2.24) is 10.0 Å². The third-order valence-electron chi connectivity index (χ3n) is 2.94. The van der Waals surface area contributed by atoms with Crippen LogP contribution >= 0.6 is 0 Å². The largest absolute Gasteiger partial charge is 0.464 e. The third kappa shape index (κ3) is 6.17. The van der Waals surface area contributed by atoms with Crippen LogP contribution in [0.1, 0.15) is 31.8 Å². The lowest BCUT2D eigenvalue weighted by Crippen LogP contribution is -2.27. The van der Waals surface area contributed by atoms with Crippen molar-refractivity contribution >= 4 is 10.0 Å². The molecule has 0 amide bonds. The molecular formula is C14H26N2O4S. The SMILES string of the molecule is CNCc1cc(S(=O)(=O)NCCOCCC(C)C)c(C)o1. The number of aryl methyl sites for hydroxylation is 1. The summed E-state index contributed by atoms with van der Waals surface area (Å²) in [7, 11) is -1.77. The first-order valence-electron chi connectivity index (χ1n) is 7.18. The number of nitrogens with one attached hydrogen (secondary N) is 2. The van der Waals surface area contributed by atoms with Crippen LogP contribution in [-0.4, -0.2) is 35.2 Å². The Bertz CT molecular complexity index is 523. The van der Waals surface area contributed by atoms with E-state index in [1.165, 1.54) is 0 Å². The summed E-state index contributed by atoms with van der Waals surface area (Å²) >= 11 is 0. The van der Waals surface area contributed by atoms with Crippen LogP contribution in [0.5, 0.6) is 0 Å². The highest BCUT2D eigenvalue weighted by Gasteiger charge is 2.20. The average Bonchev–Trinajstić information content (AvgIpc) is 2.75. The normalized spacial score (nSPS) is 12.2. The predicted octanol–water partition coefficient (Wildman–Crippen LogP) is 1.65. The molecular weight excluding hydrogens is 292 g/mol. The number of sulfonamides is 1. The van der Waals surface area contributed by atoms with Crippen LogP contribution in [0.2, 0.25) is 0 Å². The molecule has 21 heavy (non-hydrogen) atoms. The lowest BCUT2D eigenvalue weighted by atomic mass is 10.1. The highest BCUT2D eigenvalue weighted by molar-refractivity contribution is 7.89. The first kappa shape index (κ1) is 18.2. The van der Waals surface area contributed by atoms with E-state index >= 15 is 0 Å². The Hall–Kier alpha value is -0.890. The van der Waals surface area contributed by atoms with Gasteiger partial charge in [0.05, 0.1) is 13.2 Å². The highest BCUT2D eigenvalue weighted by Crippen LogP contribution is 2.19. The van der Waals surface area contributed by atoms with Gasteiger partial charge in [-0.15, -0.1) is 0 Å². The van der Waals surface area contributed by atoms with Gasteiger partial charge in [0.25, 0.3) is 0 Å². The molecule has 0 aliphatic carbocycles. The second kappa shape index (κ2) is 8.53. The van der Waals surface area contributed by atoms with E-state index in [0.717, 1.165) is 6.42 Å². The lowest BCUT2D eigenvalue weighted by molar-refractivity contribution is 0.128. The van der Waals surface area contributed by atoms with Crippen LogP contribution < -0.4 is 10.0 Å². The van der Waals surface area contributed by atoms with Crippen molar-refractivity contribution in [3.05, 3.63) is 17.6 Å². The summed E-state index contributed by atoms with van der Waals surface area (Å²) in [6.45, 7) is 7.66. The number of rotatable bonds is 10. The molecule has 2 N–H and O–H groups in total. The van der Waals surface area contributed by atoms with Gasteiger partial charge in [-0.2, -0.15) is 0 Å². The van der Waals surface area contributed by atoms with Crippen LogP contribution in [0, 0.1) is 12.8 Å². The van der Waals surface area contributed by atoms with E-state index in [1.807, 2.05) is 0 Å². The molecule has 0 aliphatic rings. The smallest absolute Gasteiger partial charge is 0.244 e. The summed E-state index contributed by atoms with van der Waals surface area (Å²) in [6.07, 6.45) is 0.973. The summed E-state index contributed by atoms with van der Waals surface area (Å²) in [4.78, 5) is 0.190. The highest BCUT2D eigenvalue weighted by atomic mass is 32.2. The van der Waals surface area contributed by atoms with Crippen molar-refractivity contribution in [3.8, 4) is 0 Å². The van der Waals surface area contributed by atoms with Crippen molar-refractivity contribution in [1.29, 1.82) is 0 Å². The van der Waals surface area contributed by atoms with Gasteiger partial charge in [-0.25, -0.2) is 13.1 Å². The van der Waals surface area contributed by atoms with Crippen molar-refractivity contribution in [2.24, 2.45) is 5.92 Å². The van der Waals surface area contributed by atoms with E-state index in [9.17, 15) is 8.42 Å². The number of hydrogen-bond acceptors (Lipinski definition) is 5. The maximum Gasteiger partial charge on any atom is 0.244 e. The van der Waals surface area contributed by atoms with Gasteiger partial charge in [-0.3, -0.25) is 0 Å². The van der Waals surface area contributed by atoms with Crippen molar-refractivity contribution in [2.45, 2.75) is 38.6 Å². The molecule has 1 aromatic heterocycles. The fourth-order valence-electron chi connectivity index (χ4n) is 1.80. The minimum absolute atomic E-state index is 0.190. The third-order valence-corrected chi connectivity index (χ3v) is 4.51. The number of ether oxygens (including phenoxy) is 1. The Morgan fingerprint density at radius 2 is 2.05 bits per heavy atom. The molecule has 0 spiro atoms. The number of hydrogen-bond donors (Lipinski definition) is 2. The molecule has 0 saturated carbocycles. The van der Waals surface area contributed by atoms with Crippen LogP contribution in [0.15, 0.2) is 15.4 Å². The van der Waals surface area contributed by atoms with Crippen molar-refractivity contribution in [2.75, 3.05) is 26.8 Å². The van der Waals surface area contributed by atoms with Gasteiger partial charge in [0.2, 0.25) is 10.0 Å². The van der Waals surface area contributed by atoms with E-state index in [4.69, 9.17) is 9.15 Å². The molecule has 1 aromatic rings. The van der Waals surface area contributed by atoms with Crippen LogP contribution in [0.25, 0.3) is 0 Å². The molecule has 1 rings (SSSR count). The van der Waals surface area contributed by atoms with Gasteiger partial charge in [0.15, 0.2) is 0 Å². The Morgan fingerprint density at radius 3 is 2.67 bits per heavy atom. The fraction of sp³-hybridized carbons (Fsp3) is 0.714. The molecule has 1 heterocycles. The lowest BCUT2D eigenvalue weighted by Gasteiger charge is -2.08. The quantitative estimate of drug-likeness (QED) is 0.641. The predicted molar refractivity (Wildman–Crippen MR) is 81.7 cm³/mol. The maximum atomic E-state index is 12.2. The average molecular weight is 318 g/mol. The van der Waals surface area contributed by atoms with Crippen LogP contribution in [0.3, 0.4) is 0 Å². The van der Waals surface area contributed by atoms with Gasteiger partial charge in [-0.1, -0.05) is 13.8 Å². The van der Waals surface area contributed by atoms with Crippen LogP contribution in [-0.2, 0) is 21.3 Å². The van der Waals surface area contributed by atoms with Gasteiger partial charge in [0, 0.05) is 19.2 Å². The summed E-state index contributed by atoms with van der Waals surface area (Å²) in [5.74, 6) is 1.58. The first-order valence-corrected chi connectivity index (χ1v) is 8.66. The van der Waals surface area contributed by atoms with Crippen LogP contribution in [0.4, 0.5) is 0 Å². The maximum absolute atomic E-state index is 12.2. The Labute approximate surface area is 127 Å². The first-order chi connectivity index (χ1) is 9.86. The number of furan rings is 1. The molecule has 0 bridgehead atoms. The Morgan fingerprint density at radius 1 is 1.33 bits per heavy atom. The molecule has 0 aromatic carbocycles. The summed E-state index contributed by atoms with van der Waals surface area (Å²) < 4.78 is 37.6. The molecule has 0 unspecified atom stereocenters. The van der Waals surface area contributed by atoms with E-state index in [2.05, 4.69) is 23.9 Å². The zero-order valence-corrected chi connectivity index (χ0v) is 14.0. The van der Waals surface area contributed by atoms with E-state index < -0.39 is 10.0 Å². The summed E-state index contributed by atoms with van der Waals surface area (Å²) in [5, 5.41) is 2.92. The molecule has 0 saturated heterocycles. The van der Waals surface area contributed by atoms with Gasteiger partial charge >= 0.3 is 0 Å². The molecule has 7 heteroatoms. The molecule has 6 nitrogen and oxygen atoms in total. The van der Waals surface area contributed by atoms with E-state index in [1.54, 1.807) is 20.0 Å². The second-order valence-electron chi connectivity index (χ2n) is 5.36. The Balaban J connectivity index is 2.46. The molecule has 0 atom stereocenters. The second-order valence-corrected chi connectivity index (χ2v) is 7.09. The monoisotopic (exact) mass is 318 g/mol. The minimum atomic E-state index is -3.54.